The molecule has 0 radical (unpaired) electrons. The van der Waals surface area contributed by atoms with Gasteiger partial charge in [-0.2, -0.15) is 0 Å². The summed E-state index contributed by atoms with van der Waals surface area (Å²) in [6.07, 6.45) is 0. The number of aromatic nitrogens is 1. The van der Waals surface area contributed by atoms with Crippen LogP contribution in [-0.2, 0) is 13.1 Å². The molecule has 156 valence electrons. The van der Waals surface area contributed by atoms with Crippen molar-refractivity contribution in [3.05, 3.63) is 71.2 Å². The van der Waals surface area contributed by atoms with Crippen molar-refractivity contribution in [3.63, 3.8) is 0 Å². The smallest absolute Gasteiger partial charge is 0.317 e. The van der Waals surface area contributed by atoms with Crippen molar-refractivity contribution < 1.29 is 9.53 Å². The summed E-state index contributed by atoms with van der Waals surface area (Å²) in [5, 5.41) is 6.16. The van der Waals surface area contributed by atoms with Crippen LogP contribution in [0, 0.1) is 0 Å². The first-order chi connectivity index (χ1) is 14.7. The zero-order chi connectivity index (χ0) is 20.8. The number of benzene rings is 2. The predicted molar refractivity (Wildman–Crippen MR) is 120 cm³/mol. The van der Waals surface area contributed by atoms with Gasteiger partial charge in [-0.25, -0.2) is 9.78 Å². The van der Waals surface area contributed by atoms with Gasteiger partial charge in [-0.15, -0.1) is 11.3 Å². The molecule has 6 nitrogen and oxygen atoms in total. The zero-order valence-corrected chi connectivity index (χ0v) is 17.9. The molecule has 0 saturated carbocycles. The third-order valence-corrected chi connectivity index (χ3v) is 6.16. The number of urea groups is 1. The molecular weight excluding hydrogens is 396 g/mol. The van der Waals surface area contributed by atoms with E-state index in [0.29, 0.717) is 6.54 Å². The Kier molecular flexibility index (Phi) is 6.61. The maximum absolute atomic E-state index is 12.4. The lowest BCUT2D eigenvalue weighted by atomic mass is 10.2. The molecule has 1 N–H and O–H groups in total. The number of ether oxygens (including phenoxy) is 1. The molecule has 1 aromatic heterocycles. The van der Waals surface area contributed by atoms with Crippen molar-refractivity contribution in [1.82, 2.24) is 20.1 Å². The molecule has 0 unspecified atom stereocenters. The first-order valence-electron chi connectivity index (χ1n) is 10.1. The molecule has 1 aliphatic rings. The predicted octanol–water partition coefficient (Wildman–Crippen LogP) is 3.85. The highest BCUT2D eigenvalue weighted by Gasteiger charge is 2.21. The van der Waals surface area contributed by atoms with Crippen molar-refractivity contribution in [1.29, 1.82) is 0 Å². The average Bonchev–Trinajstić information content (AvgIpc) is 3.27. The number of piperazine rings is 1. The lowest BCUT2D eigenvalue weighted by Gasteiger charge is -2.34. The van der Waals surface area contributed by atoms with E-state index >= 15 is 0 Å². The van der Waals surface area contributed by atoms with Crippen LogP contribution in [0.15, 0.2) is 60.0 Å². The number of nitrogens with zero attached hydrogens (tertiary/aromatic N) is 3. The van der Waals surface area contributed by atoms with E-state index in [0.717, 1.165) is 60.3 Å². The van der Waals surface area contributed by atoms with Crippen LogP contribution >= 0.6 is 11.3 Å². The molecule has 0 bridgehead atoms. The van der Waals surface area contributed by atoms with Gasteiger partial charge in [0.05, 0.1) is 12.8 Å². The second-order valence-electron chi connectivity index (χ2n) is 7.28. The van der Waals surface area contributed by atoms with Gasteiger partial charge in [0.25, 0.3) is 0 Å². The SMILES string of the molecule is COc1ccc(-c2nc(CN3CCN(C(=O)NCc4ccccc4)CC3)cs2)cc1. The summed E-state index contributed by atoms with van der Waals surface area (Å²) in [6.45, 7) is 4.55. The molecule has 0 atom stereocenters. The van der Waals surface area contributed by atoms with Crippen LogP contribution in [0.2, 0.25) is 0 Å². The molecule has 30 heavy (non-hydrogen) atoms. The van der Waals surface area contributed by atoms with Crippen LogP contribution in [0.1, 0.15) is 11.3 Å². The Labute approximate surface area is 181 Å². The van der Waals surface area contributed by atoms with Crippen molar-refractivity contribution in [2.75, 3.05) is 33.3 Å². The Morgan fingerprint density at radius 3 is 2.50 bits per heavy atom. The van der Waals surface area contributed by atoms with Crippen LogP contribution in [0.3, 0.4) is 0 Å². The van der Waals surface area contributed by atoms with Gasteiger partial charge in [0.1, 0.15) is 10.8 Å². The van der Waals surface area contributed by atoms with Crippen LogP contribution in [0.25, 0.3) is 10.6 Å². The molecule has 2 amide bonds. The quantitative estimate of drug-likeness (QED) is 0.656. The lowest BCUT2D eigenvalue weighted by Crippen LogP contribution is -2.51. The van der Waals surface area contributed by atoms with Crippen LogP contribution in [0.4, 0.5) is 4.79 Å². The van der Waals surface area contributed by atoms with E-state index in [1.54, 1.807) is 18.4 Å². The summed E-state index contributed by atoms with van der Waals surface area (Å²) >= 11 is 1.66. The number of carbonyl (C=O) groups excluding carboxylic acids is 1. The van der Waals surface area contributed by atoms with Gasteiger partial charge >= 0.3 is 6.03 Å². The first kappa shape index (κ1) is 20.4. The fourth-order valence-corrected chi connectivity index (χ4v) is 4.29. The van der Waals surface area contributed by atoms with E-state index in [-0.39, 0.29) is 6.03 Å². The van der Waals surface area contributed by atoms with Crippen molar-refractivity contribution in [2.24, 2.45) is 0 Å². The van der Waals surface area contributed by atoms with Crippen LogP contribution in [0.5, 0.6) is 5.75 Å². The summed E-state index contributed by atoms with van der Waals surface area (Å²) in [6, 6.07) is 18.0. The fraction of sp³-hybridized carbons (Fsp3) is 0.304. The van der Waals surface area contributed by atoms with E-state index in [4.69, 9.17) is 9.72 Å². The van der Waals surface area contributed by atoms with Crippen molar-refractivity contribution >= 4 is 17.4 Å². The highest BCUT2D eigenvalue weighted by atomic mass is 32.1. The normalized spacial score (nSPS) is 14.5. The molecule has 2 heterocycles. The van der Waals surface area contributed by atoms with Crippen molar-refractivity contribution in [3.8, 4) is 16.3 Å². The Morgan fingerprint density at radius 1 is 1.07 bits per heavy atom. The minimum atomic E-state index is 0.00829. The third kappa shape index (κ3) is 5.17. The average molecular weight is 423 g/mol. The van der Waals surface area contributed by atoms with Gasteiger partial charge in [-0.3, -0.25) is 4.90 Å². The van der Waals surface area contributed by atoms with Gasteiger partial charge in [-0.1, -0.05) is 30.3 Å². The summed E-state index contributed by atoms with van der Waals surface area (Å²) in [4.78, 5) is 21.5. The van der Waals surface area contributed by atoms with E-state index in [1.807, 2.05) is 59.5 Å². The second-order valence-corrected chi connectivity index (χ2v) is 8.14. The van der Waals surface area contributed by atoms with E-state index in [2.05, 4.69) is 15.6 Å². The van der Waals surface area contributed by atoms with Gasteiger partial charge in [0.15, 0.2) is 0 Å². The Hall–Kier alpha value is -2.90. The zero-order valence-electron chi connectivity index (χ0n) is 17.1. The number of nitrogens with one attached hydrogen (secondary N) is 1. The molecule has 7 heteroatoms. The summed E-state index contributed by atoms with van der Waals surface area (Å²) in [5.41, 5.74) is 3.29. The lowest BCUT2D eigenvalue weighted by molar-refractivity contribution is 0.134. The Morgan fingerprint density at radius 2 is 1.80 bits per heavy atom. The van der Waals surface area contributed by atoms with Gasteiger partial charge in [0, 0.05) is 50.2 Å². The fourth-order valence-electron chi connectivity index (χ4n) is 3.47. The second kappa shape index (κ2) is 9.73. The van der Waals surface area contributed by atoms with Crippen LogP contribution in [-0.4, -0.2) is 54.1 Å². The number of methoxy groups -OCH3 is 1. The minimum Gasteiger partial charge on any atom is -0.497 e. The van der Waals surface area contributed by atoms with Crippen molar-refractivity contribution in [2.45, 2.75) is 13.1 Å². The molecule has 2 aromatic carbocycles. The highest BCUT2D eigenvalue weighted by Crippen LogP contribution is 2.26. The number of amides is 2. The highest BCUT2D eigenvalue weighted by molar-refractivity contribution is 7.13. The molecule has 0 aliphatic carbocycles. The van der Waals surface area contributed by atoms with E-state index in [9.17, 15) is 4.79 Å². The largest absolute Gasteiger partial charge is 0.497 e. The first-order valence-corrected chi connectivity index (χ1v) is 11.0. The number of hydrogen-bond donors (Lipinski definition) is 1. The minimum absolute atomic E-state index is 0.00829. The summed E-state index contributed by atoms with van der Waals surface area (Å²) < 4.78 is 5.22. The third-order valence-electron chi connectivity index (χ3n) is 5.22. The molecular formula is C23H26N4O2S. The molecule has 1 aliphatic heterocycles. The standard InChI is InChI=1S/C23H26N4O2S/c1-29-21-9-7-19(8-10-21)22-25-20(17-30-22)16-26-11-13-27(14-12-26)23(28)24-15-18-5-3-2-4-6-18/h2-10,17H,11-16H2,1H3,(H,24,28). The molecule has 0 spiro atoms. The number of thiazole rings is 1. The van der Waals surface area contributed by atoms with E-state index < -0.39 is 0 Å². The Bertz CT molecular complexity index is 951. The number of hydrogen-bond acceptors (Lipinski definition) is 5. The molecule has 3 aromatic rings. The topological polar surface area (TPSA) is 57.7 Å². The summed E-state index contributed by atoms with van der Waals surface area (Å²) in [5.74, 6) is 0.848. The molecule has 1 saturated heterocycles. The maximum atomic E-state index is 12.4. The Balaban J connectivity index is 1.24. The van der Waals surface area contributed by atoms with Gasteiger partial charge in [0.2, 0.25) is 0 Å². The molecule has 1 fully saturated rings. The number of rotatable bonds is 6. The number of carbonyl (C=O) groups is 1. The maximum Gasteiger partial charge on any atom is 0.317 e. The van der Waals surface area contributed by atoms with E-state index in [1.165, 1.54) is 0 Å². The van der Waals surface area contributed by atoms with Gasteiger partial charge < -0.3 is 15.0 Å². The monoisotopic (exact) mass is 422 g/mol. The summed E-state index contributed by atoms with van der Waals surface area (Å²) in [7, 11) is 1.67. The van der Waals surface area contributed by atoms with Crippen LogP contribution < -0.4 is 10.1 Å². The van der Waals surface area contributed by atoms with Gasteiger partial charge in [-0.05, 0) is 29.8 Å². The molecule has 4 rings (SSSR count).